The van der Waals surface area contributed by atoms with E-state index in [2.05, 4.69) is 17.4 Å². The van der Waals surface area contributed by atoms with Gasteiger partial charge in [0.25, 0.3) is 0 Å². The molecule has 1 N–H and O–H groups in total. The molecule has 1 aromatic heterocycles. The molecular formula is C17H23NO. The second-order valence-corrected chi connectivity index (χ2v) is 5.68. The van der Waals surface area contributed by atoms with Crippen LogP contribution in [0.1, 0.15) is 50.5 Å². The first-order valence-corrected chi connectivity index (χ1v) is 7.62. The molecule has 1 aliphatic rings. The summed E-state index contributed by atoms with van der Waals surface area (Å²) in [6, 6.07) is 8.98. The molecule has 0 radical (unpaired) electrons. The fourth-order valence-corrected chi connectivity index (χ4v) is 3.08. The zero-order chi connectivity index (χ0) is 12.9. The molecule has 19 heavy (non-hydrogen) atoms. The predicted molar refractivity (Wildman–Crippen MR) is 79.2 cm³/mol. The molecule has 0 aliphatic heterocycles. The SMILES string of the molecule is c1ccc2c(CNC3CCCCCCC3)coc2c1. The first-order valence-electron chi connectivity index (χ1n) is 7.62. The molecule has 3 rings (SSSR count). The van der Waals surface area contributed by atoms with Crippen molar-refractivity contribution >= 4 is 11.0 Å². The number of hydrogen-bond donors (Lipinski definition) is 1. The Morgan fingerprint density at radius 1 is 1.00 bits per heavy atom. The van der Waals surface area contributed by atoms with Crippen LogP contribution in [-0.4, -0.2) is 6.04 Å². The van der Waals surface area contributed by atoms with Gasteiger partial charge in [0.1, 0.15) is 5.58 Å². The molecule has 0 bridgehead atoms. The van der Waals surface area contributed by atoms with E-state index in [1.165, 1.54) is 55.9 Å². The van der Waals surface area contributed by atoms with Crippen LogP contribution in [0.4, 0.5) is 0 Å². The Labute approximate surface area is 115 Å². The van der Waals surface area contributed by atoms with Gasteiger partial charge < -0.3 is 9.73 Å². The second-order valence-electron chi connectivity index (χ2n) is 5.68. The number of fused-ring (bicyclic) bond motifs is 1. The monoisotopic (exact) mass is 257 g/mol. The summed E-state index contributed by atoms with van der Waals surface area (Å²) in [5.41, 5.74) is 2.29. The molecule has 102 valence electrons. The molecule has 0 spiro atoms. The van der Waals surface area contributed by atoms with E-state index in [9.17, 15) is 0 Å². The highest BCUT2D eigenvalue weighted by atomic mass is 16.3. The van der Waals surface area contributed by atoms with Crippen molar-refractivity contribution in [3.63, 3.8) is 0 Å². The third-order valence-corrected chi connectivity index (χ3v) is 4.25. The quantitative estimate of drug-likeness (QED) is 0.866. The Kier molecular flexibility index (Phi) is 4.19. The third kappa shape index (κ3) is 3.19. The van der Waals surface area contributed by atoms with Crippen LogP contribution in [0.15, 0.2) is 34.9 Å². The Morgan fingerprint density at radius 3 is 2.58 bits per heavy atom. The maximum atomic E-state index is 5.59. The standard InChI is InChI=1S/C17H23NO/c1-2-4-8-15(9-5-3-1)18-12-14-13-19-17-11-7-6-10-16(14)17/h6-7,10-11,13,15,18H,1-5,8-9,12H2. The van der Waals surface area contributed by atoms with Crippen molar-refractivity contribution in [2.75, 3.05) is 0 Å². The average Bonchev–Trinajstić information content (AvgIpc) is 2.81. The Balaban J connectivity index is 1.61. The maximum Gasteiger partial charge on any atom is 0.134 e. The summed E-state index contributed by atoms with van der Waals surface area (Å²) in [4.78, 5) is 0. The van der Waals surface area contributed by atoms with Crippen molar-refractivity contribution in [3.8, 4) is 0 Å². The van der Waals surface area contributed by atoms with Gasteiger partial charge in [-0.3, -0.25) is 0 Å². The molecule has 0 amide bonds. The largest absolute Gasteiger partial charge is 0.464 e. The van der Waals surface area contributed by atoms with Crippen LogP contribution < -0.4 is 5.32 Å². The molecule has 0 saturated heterocycles. The second kappa shape index (κ2) is 6.25. The Morgan fingerprint density at radius 2 is 1.74 bits per heavy atom. The molecule has 0 unspecified atom stereocenters. The fourth-order valence-electron chi connectivity index (χ4n) is 3.08. The van der Waals surface area contributed by atoms with Gasteiger partial charge in [0.05, 0.1) is 6.26 Å². The normalized spacial score (nSPS) is 18.3. The van der Waals surface area contributed by atoms with Crippen molar-refractivity contribution in [1.29, 1.82) is 0 Å². The van der Waals surface area contributed by atoms with E-state index in [1.807, 2.05) is 18.4 Å². The van der Waals surface area contributed by atoms with Crippen LogP contribution in [0.5, 0.6) is 0 Å². The van der Waals surface area contributed by atoms with Crippen molar-refractivity contribution in [1.82, 2.24) is 5.32 Å². The zero-order valence-corrected chi connectivity index (χ0v) is 11.5. The smallest absolute Gasteiger partial charge is 0.134 e. The molecule has 1 heterocycles. The summed E-state index contributed by atoms with van der Waals surface area (Å²) in [6.45, 7) is 0.932. The van der Waals surface area contributed by atoms with Gasteiger partial charge in [-0.2, -0.15) is 0 Å². The van der Waals surface area contributed by atoms with Gasteiger partial charge in [0.15, 0.2) is 0 Å². The van der Waals surface area contributed by atoms with Crippen molar-refractivity contribution in [2.24, 2.45) is 0 Å². The molecule has 2 aromatic rings. The van der Waals surface area contributed by atoms with Gasteiger partial charge in [-0.25, -0.2) is 0 Å². The number of para-hydroxylation sites is 1. The topological polar surface area (TPSA) is 25.2 Å². The van der Waals surface area contributed by atoms with Gasteiger partial charge in [0.2, 0.25) is 0 Å². The van der Waals surface area contributed by atoms with Crippen molar-refractivity contribution < 1.29 is 4.42 Å². The molecule has 2 heteroatoms. The molecule has 1 fully saturated rings. The van der Waals surface area contributed by atoms with Gasteiger partial charge in [-0.15, -0.1) is 0 Å². The third-order valence-electron chi connectivity index (χ3n) is 4.25. The lowest BCUT2D eigenvalue weighted by molar-refractivity contribution is 0.388. The van der Waals surface area contributed by atoms with E-state index in [1.54, 1.807) is 0 Å². The lowest BCUT2D eigenvalue weighted by Gasteiger charge is -2.20. The summed E-state index contributed by atoms with van der Waals surface area (Å²) in [7, 11) is 0. The number of nitrogens with one attached hydrogen (secondary N) is 1. The summed E-state index contributed by atoms with van der Waals surface area (Å²) >= 11 is 0. The van der Waals surface area contributed by atoms with Crippen molar-refractivity contribution in [2.45, 2.75) is 57.5 Å². The number of hydrogen-bond acceptors (Lipinski definition) is 2. The zero-order valence-electron chi connectivity index (χ0n) is 11.5. The first kappa shape index (κ1) is 12.7. The number of benzene rings is 1. The van der Waals surface area contributed by atoms with Crippen LogP contribution in [0, 0.1) is 0 Å². The van der Waals surface area contributed by atoms with Gasteiger partial charge in [0, 0.05) is 23.5 Å². The highest BCUT2D eigenvalue weighted by Crippen LogP contribution is 2.22. The number of furan rings is 1. The number of rotatable bonds is 3. The van der Waals surface area contributed by atoms with Gasteiger partial charge in [-0.1, -0.05) is 50.3 Å². The minimum Gasteiger partial charge on any atom is -0.464 e. The van der Waals surface area contributed by atoms with Gasteiger partial charge >= 0.3 is 0 Å². The summed E-state index contributed by atoms with van der Waals surface area (Å²) in [5, 5.41) is 4.97. The maximum absolute atomic E-state index is 5.59. The minimum atomic E-state index is 0.689. The van der Waals surface area contributed by atoms with E-state index < -0.39 is 0 Å². The van der Waals surface area contributed by atoms with E-state index >= 15 is 0 Å². The minimum absolute atomic E-state index is 0.689. The van der Waals surface area contributed by atoms with Crippen LogP contribution in [0.3, 0.4) is 0 Å². The van der Waals surface area contributed by atoms with Crippen LogP contribution in [0.25, 0.3) is 11.0 Å². The van der Waals surface area contributed by atoms with E-state index in [0.717, 1.165) is 12.1 Å². The molecule has 1 saturated carbocycles. The predicted octanol–water partition coefficient (Wildman–Crippen LogP) is 4.64. The molecule has 2 nitrogen and oxygen atoms in total. The van der Waals surface area contributed by atoms with Crippen LogP contribution >= 0.6 is 0 Å². The van der Waals surface area contributed by atoms with Crippen LogP contribution in [0.2, 0.25) is 0 Å². The van der Waals surface area contributed by atoms with E-state index in [0.29, 0.717) is 6.04 Å². The fraction of sp³-hybridized carbons (Fsp3) is 0.529. The van der Waals surface area contributed by atoms with Crippen molar-refractivity contribution in [3.05, 3.63) is 36.1 Å². The molecule has 0 atom stereocenters. The lowest BCUT2D eigenvalue weighted by atomic mass is 9.96. The average molecular weight is 257 g/mol. The molecule has 1 aliphatic carbocycles. The van der Waals surface area contributed by atoms with Gasteiger partial charge in [-0.05, 0) is 18.9 Å². The highest BCUT2D eigenvalue weighted by Gasteiger charge is 2.12. The molecular weight excluding hydrogens is 234 g/mol. The van der Waals surface area contributed by atoms with Crippen LogP contribution in [-0.2, 0) is 6.54 Å². The summed E-state index contributed by atoms with van der Waals surface area (Å²) in [6.07, 6.45) is 11.6. The Bertz CT molecular complexity index is 509. The summed E-state index contributed by atoms with van der Waals surface area (Å²) in [5.74, 6) is 0. The first-order chi connectivity index (χ1) is 9.43. The molecule has 1 aromatic carbocycles. The van der Waals surface area contributed by atoms with E-state index in [4.69, 9.17) is 4.42 Å². The summed E-state index contributed by atoms with van der Waals surface area (Å²) < 4.78 is 5.59. The highest BCUT2D eigenvalue weighted by molar-refractivity contribution is 5.80. The van der Waals surface area contributed by atoms with E-state index in [-0.39, 0.29) is 0 Å². The Hall–Kier alpha value is -1.28. The lowest BCUT2D eigenvalue weighted by Crippen LogP contribution is -2.29.